The monoisotopic (exact) mass is 356 g/mol. The van der Waals surface area contributed by atoms with Crippen molar-refractivity contribution in [2.75, 3.05) is 0 Å². The third-order valence-corrected chi connectivity index (χ3v) is 4.15. The summed E-state index contributed by atoms with van der Waals surface area (Å²) >= 11 is 12.2. The molecule has 0 aliphatic rings. The molecule has 24 heavy (non-hydrogen) atoms. The molecule has 0 N–H and O–H groups in total. The van der Waals surface area contributed by atoms with Crippen molar-refractivity contribution in [1.82, 2.24) is 0 Å². The molecule has 0 radical (unpaired) electrons. The van der Waals surface area contributed by atoms with Crippen molar-refractivity contribution in [3.63, 3.8) is 0 Å². The van der Waals surface area contributed by atoms with Crippen molar-refractivity contribution < 1.29 is 4.42 Å². The highest BCUT2D eigenvalue weighted by molar-refractivity contribution is 6.32. The highest BCUT2D eigenvalue weighted by Crippen LogP contribution is 2.25. The summed E-state index contributed by atoms with van der Waals surface area (Å²) in [4.78, 5) is 12.4. The third-order valence-electron chi connectivity index (χ3n) is 3.59. The van der Waals surface area contributed by atoms with Crippen LogP contribution in [0.1, 0.15) is 16.9 Å². The van der Waals surface area contributed by atoms with E-state index < -0.39 is 0 Å². The average Bonchev–Trinajstić information content (AvgIpc) is 2.55. The van der Waals surface area contributed by atoms with E-state index in [-0.39, 0.29) is 5.43 Å². The van der Waals surface area contributed by atoms with Gasteiger partial charge in [0.15, 0.2) is 5.43 Å². The summed E-state index contributed by atoms with van der Waals surface area (Å²) in [6.07, 6.45) is 5.86. The van der Waals surface area contributed by atoms with E-state index in [1.165, 1.54) is 6.07 Å². The highest BCUT2D eigenvalue weighted by atomic mass is 35.5. The van der Waals surface area contributed by atoms with E-state index in [0.29, 0.717) is 33.2 Å². The molecular weight excluding hydrogens is 343 g/mol. The zero-order valence-corrected chi connectivity index (χ0v) is 14.3. The largest absolute Gasteiger partial charge is 0.456 e. The molecule has 0 amide bonds. The van der Waals surface area contributed by atoms with Gasteiger partial charge in [-0.2, -0.15) is 0 Å². The van der Waals surface area contributed by atoms with E-state index in [9.17, 15) is 4.79 Å². The number of hydrogen-bond donors (Lipinski definition) is 0. The van der Waals surface area contributed by atoms with E-state index in [0.717, 1.165) is 11.1 Å². The predicted octanol–water partition coefficient (Wildman–Crippen LogP) is 6.00. The van der Waals surface area contributed by atoms with Gasteiger partial charge in [0.25, 0.3) is 0 Å². The number of rotatable bonds is 4. The van der Waals surface area contributed by atoms with E-state index in [1.54, 1.807) is 24.3 Å². The van der Waals surface area contributed by atoms with Crippen LogP contribution < -0.4 is 5.43 Å². The van der Waals surface area contributed by atoms with Crippen LogP contribution in [-0.4, -0.2) is 0 Å². The van der Waals surface area contributed by atoms with Gasteiger partial charge in [-0.15, -0.1) is 6.58 Å². The van der Waals surface area contributed by atoms with Crippen LogP contribution in [0.5, 0.6) is 0 Å². The first-order chi connectivity index (χ1) is 11.6. The molecule has 3 aromatic rings. The summed E-state index contributed by atoms with van der Waals surface area (Å²) in [5, 5.41) is 1.61. The van der Waals surface area contributed by atoms with E-state index in [2.05, 4.69) is 6.58 Å². The quantitative estimate of drug-likeness (QED) is 0.536. The van der Waals surface area contributed by atoms with Gasteiger partial charge < -0.3 is 4.42 Å². The maximum absolute atomic E-state index is 12.4. The molecule has 3 rings (SSSR count). The molecule has 1 heterocycles. The topological polar surface area (TPSA) is 30.2 Å². The molecule has 0 spiro atoms. The van der Waals surface area contributed by atoms with Gasteiger partial charge in [0, 0.05) is 21.7 Å². The van der Waals surface area contributed by atoms with Gasteiger partial charge in [-0.25, -0.2) is 0 Å². The standard InChI is InChI=1S/C20H14Cl2O2/c1-2-5-14-10-15(21)11-17-19(23)12-16(24-20(14)17)9-8-13-6-3-4-7-18(13)22/h2-4,6-12H,1,5H2/b9-8+. The Morgan fingerprint density at radius 2 is 1.88 bits per heavy atom. The summed E-state index contributed by atoms with van der Waals surface area (Å²) in [6, 6.07) is 12.3. The second kappa shape index (κ2) is 7.08. The Kier molecular flexibility index (Phi) is 4.89. The van der Waals surface area contributed by atoms with Crippen LogP contribution in [-0.2, 0) is 6.42 Å². The molecule has 0 aliphatic carbocycles. The van der Waals surface area contributed by atoms with Crippen molar-refractivity contribution in [1.29, 1.82) is 0 Å². The number of fused-ring (bicyclic) bond motifs is 1. The molecule has 4 heteroatoms. The first-order valence-corrected chi connectivity index (χ1v) is 8.14. The lowest BCUT2D eigenvalue weighted by atomic mass is 10.1. The first kappa shape index (κ1) is 16.6. The number of allylic oxidation sites excluding steroid dienone is 1. The Hall–Kier alpha value is -2.29. The lowest BCUT2D eigenvalue weighted by Gasteiger charge is -2.06. The van der Waals surface area contributed by atoms with Gasteiger partial charge in [0.05, 0.1) is 5.39 Å². The molecule has 2 aromatic carbocycles. The van der Waals surface area contributed by atoms with Gasteiger partial charge in [0.2, 0.25) is 0 Å². The number of halogens is 2. The molecule has 0 atom stereocenters. The Morgan fingerprint density at radius 3 is 2.62 bits per heavy atom. The van der Waals surface area contributed by atoms with Crippen LogP contribution in [0.4, 0.5) is 0 Å². The van der Waals surface area contributed by atoms with Crippen LogP contribution in [0.2, 0.25) is 10.0 Å². The van der Waals surface area contributed by atoms with Crippen LogP contribution in [0.3, 0.4) is 0 Å². The van der Waals surface area contributed by atoms with Crippen molar-refractivity contribution >= 4 is 46.3 Å². The Labute approximate surface area is 149 Å². The van der Waals surface area contributed by atoms with E-state index in [4.69, 9.17) is 27.6 Å². The minimum Gasteiger partial charge on any atom is -0.456 e. The van der Waals surface area contributed by atoms with Crippen molar-refractivity contribution in [2.24, 2.45) is 0 Å². The molecule has 0 bridgehead atoms. The summed E-state index contributed by atoms with van der Waals surface area (Å²) in [6.45, 7) is 3.73. The Balaban J connectivity index is 2.12. The smallest absolute Gasteiger partial charge is 0.193 e. The Morgan fingerprint density at radius 1 is 1.08 bits per heavy atom. The summed E-state index contributed by atoms with van der Waals surface area (Å²) in [5.41, 5.74) is 2.08. The molecule has 0 saturated heterocycles. The van der Waals surface area contributed by atoms with Crippen LogP contribution >= 0.6 is 23.2 Å². The molecule has 0 fully saturated rings. The predicted molar refractivity (Wildman–Crippen MR) is 102 cm³/mol. The minimum atomic E-state index is -0.136. The fraction of sp³-hybridized carbons (Fsp3) is 0.0500. The van der Waals surface area contributed by atoms with Gasteiger partial charge in [-0.1, -0.05) is 47.5 Å². The van der Waals surface area contributed by atoms with Gasteiger partial charge in [0.1, 0.15) is 11.3 Å². The maximum Gasteiger partial charge on any atom is 0.193 e. The molecule has 0 aliphatic heterocycles. The normalized spacial score (nSPS) is 11.2. The van der Waals surface area contributed by atoms with Crippen molar-refractivity contribution in [2.45, 2.75) is 6.42 Å². The fourth-order valence-electron chi connectivity index (χ4n) is 2.48. The second-order valence-corrected chi connectivity index (χ2v) is 6.15. The molecule has 1 aromatic heterocycles. The lowest BCUT2D eigenvalue weighted by Crippen LogP contribution is -2.02. The number of hydrogen-bond acceptors (Lipinski definition) is 2. The minimum absolute atomic E-state index is 0.136. The van der Waals surface area contributed by atoms with Crippen molar-refractivity contribution in [3.8, 4) is 0 Å². The van der Waals surface area contributed by atoms with Crippen LogP contribution in [0.15, 0.2) is 64.3 Å². The van der Waals surface area contributed by atoms with Crippen LogP contribution in [0, 0.1) is 0 Å². The number of benzene rings is 2. The van der Waals surface area contributed by atoms with Gasteiger partial charge in [-0.05, 0) is 42.3 Å². The molecule has 120 valence electrons. The maximum atomic E-state index is 12.4. The molecule has 0 unspecified atom stereocenters. The third kappa shape index (κ3) is 3.45. The van der Waals surface area contributed by atoms with Crippen molar-refractivity contribution in [3.05, 3.63) is 92.3 Å². The Bertz CT molecular complexity index is 1000. The van der Waals surface area contributed by atoms with Gasteiger partial charge >= 0.3 is 0 Å². The zero-order chi connectivity index (χ0) is 17.1. The zero-order valence-electron chi connectivity index (χ0n) is 12.8. The molecule has 2 nitrogen and oxygen atoms in total. The summed E-state index contributed by atoms with van der Waals surface area (Å²) in [7, 11) is 0. The van der Waals surface area contributed by atoms with Crippen LogP contribution in [0.25, 0.3) is 23.1 Å². The molecule has 0 saturated carbocycles. The SMILES string of the molecule is C=CCc1cc(Cl)cc2c(=O)cc(/C=C/c3ccccc3Cl)oc12. The van der Waals surface area contributed by atoms with E-state index >= 15 is 0 Å². The molecular formula is C20H14Cl2O2. The average molecular weight is 357 g/mol. The fourth-order valence-corrected chi connectivity index (χ4v) is 2.92. The summed E-state index contributed by atoms with van der Waals surface area (Å²) in [5.74, 6) is 0.458. The second-order valence-electron chi connectivity index (χ2n) is 5.30. The lowest BCUT2D eigenvalue weighted by molar-refractivity contribution is 0.587. The summed E-state index contributed by atoms with van der Waals surface area (Å²) < 4.78 is 5.91. The van der Waals surface area contributed by atoms with E-state index in [1.807, 2.05) is 30.3 Å². The van der Waals surface area contributed by atoms with Gasteiger partial charge in [-0.3, -0.25) is 4.79 Å². The highest BCUT2D eigenvalue weighted by Gasteiger charge is 2.09. The first-order valence-electron chi connectivity index (χ1n) is 7.38.